The van der Waals surface area contributed by atoms with Crippen LogP contribution in [0.4, 0.5) is 18.9 Å². The molecule has 1 heterocycles. The maximum absolute atomic E-state index is 12.8. The van der Waals surface area contributed by atoms with E-state index in [1.54, 1.807) is 12.1 Å². The van der Waals surface area contributed by atoms with Crippen molar-refractivity contribution in [3.63, 3.8) is 0 Å². The molecule has 0 saturated heterocycles. The molecule has 2 aromatic carbocycles. The van der Waals surface area contributed by atoms with Crippen LogP contribution in [0.3, 0.4) is 0 Å². The maximum atomic E-state index is 12.8. The third-order valence-electron chi connectivity index (χ3n) is 4.11. The van der Waals surface area contributed by atoms with Crippen molar-refractivity contribution in [2.24, 2.45) is 0 Å². The number of carbonyl (C=O) groups is 1. The van der Waals surface area contributed by atoms with Crippen molar-refractivity contribution in [3.05, 3.63) is 59.5 Å². The van der Waals surface area contributed by atoms with Crippen LogP contribution in [-0.4, -0.2) is 23.2 Å². The Morgan fingerprint density at radius 2 is 2.00 bits per heavy atom. The number of nitrogens with zero attached hydrogens (tertiary/aromatic N) is 2. The van der Waals surface area contributed by atoms with Crippen LogP contribution >= 0.6 is 0 Å². The van der Waals surface area contributed by atoms with E-state index >= 15 is 0 Å². The van der Waals surface area contributed by atoms with E-state index in [2.05, 4.69) is 15.5 Å². The highest BCUT2D eigenvalue weighted by Crippen LogP contribution is 2.31. The molecular weight excluding hydrogens is 387 g/mol. The summed E-state index contributed by atoms with van der Waals surface area (Å²) in [4.78, 5) is 16.3. The lowest BCUT2D eigenvalue weighted by Gasteiger charge is -2.10. The Bertz CT molecular complexity index is 1020. The third kappa shape index (κ3) is 5.13. The number of aromatic nitrogens is 2. The zero-order valence-corrected chi connectivity index (χ0v) is 15.7. The smallest absolute Gasteiger partial charge is 0.416 e. The number of carbonyl (C=O) groups excluding carboxylic acids is 1. The van der Waals surface area contributed by atoms with E-state index in [4.69, 9.17) is 9.26 Å². The van der Waals surface area contributed by atoms with Crippen LogP contribution in [0.15, 0.2) is 47.0 Å². The molecule has 0 spiro atoms. The summed E-state index contributed by atoms with van der Waals surface area (Å²) in [6.45, 7) is 1.89. The van der Waals surface area contributed by atoms with Crippen LogP contribution in [0.2, 0.25) is 0 Å². The van der Waals surface area contributed by atoms with Crippen LogP contribution in [-0.2, 0) is 17.4 Å². The van der Waals surface area contributed by atoms with Gasteiger partial charge in [-0.25, -0.2) is 0 Å². The summed E-state index contributed by atoms with van der Waals surface area (Å²) in [5.41, 5.74) is 0.896. The lowest BCUT2D eigenvalue weighted by molar-refractivity contribution is -0.137. The first kappa shape index (κ1) is 20.4. The van der Waals surface area contributed by atoms with Gasteiger partial charge in [-0.3, -0.25) is 4.79 Å². The predicted molar refractivity (Wildman–Crippen MR) is 99.4 cm³/mol. The molecule has 1 N–H and O–H groups in total. The van der Waals surface area contributed by atoms with Gasteiger partial charge in [-0.15, -0.1) is 0 Å². The Labute approximate surface area is 164 Å². The number of nitrogens with one attached hydrogen (secondary N) is 1. The largest absolute Gasteiger partial charge is 0.495 e. The van der Waals surface area contributed by atoms with Gasteiger partial charge in [-0.05, 0) is 36.8 Å². The van der Waals surface area contributed by atoms with Crippen molar-refractivity contribution < 1.29 is 27.2 Å². The van der Waals surface area contributed by atoms with Gasteiger partial charge in [-0.1, -0.05) is 23.4 Å². The van der Waals surface area contributed by atoms with Crippen molar-refractivity contribution in [1.82, 2.24) is 10.1 Å². The van der Waals surface area contributed by atoms with Gasteiger partial charge >= 0.3 is 6.18 Å². The fourth-order valence-corrected chi connectivity index (χ4v) is 2.66. The standard InChI is InChI=1S/C20H18F3N3O3/c1-12-6-7-16(28-2)15(10-12)24-17(27)8-9-18-25-19(26-29-18)13-4-3-5-14(11-13)20(21,22)23/h3-7,10-11H,8-9H2,1-2H3,(H,24,27). The highest BCUT2D eigenvalue weighted by atomic mass is 19.4. The number of anilines is 1. The average Bonchev–Trinajstić information content (AvgIpc) is 3.15. The second kappa shape index (κ2) is 8.34. The van der Waals surface area contributed by atoms with Gasteiger partial charge in [0.2, 0.25) is 17.6 Å². The van der Waals surface area contributed by atoms with Gasteiger partial charge in [0.15, 0.2) is 0 Å². The normalized spacial score (nSPS) is 11.3. The van der Waals surface area contributed by atoms with E-state index in [1.165, 1.54) is 19.2 Å². The second-order valence-electron chi connectivity index (χ2n) is 6.34. The van der Waals surface area contributed by atoms with E-state index < -0.39 is 11.7 Å². The quantitative estimate of drug-likeness (QED) is 0.646. The zero-order chi connectivity index (χ0) is 21.0. The van der Waals surface area contributed by atoms with Crippen molar-refractivity contribution in [2.45, 2.75) is 25.9 Å². The number of alkyl halides is 3. The number of amides is 1. The minimum Gasteiger partial charge on any atom is -0.495 e. The Morgan fingerprint density at radius 3 is 2.72 bits per heavy atom. The molecule has 0 aliphatic rings. The molecule has 0 fully saturated rings. The van der Waals surface area contributed by atoms with E-state index in [1.807, 2.05) is 13.0 Å². The minimum absolute atomic E-state index is 0.0341. The molecule has 152 valence electrons. The number of hydrogen-bond acceptors (Lipinski definition) is 5. The molecule has 0 atom stereocenters. The molecule has 6 nitrogen and oxygen atoms in total. The minimum atomic E-state index is -4.46. The van der Waals surface area contributed by atoms with Crippen molar-refractivity contribution in [2.75, 3.05) is 12.4 Å². The zero-order valence-electron chi connectivity index (χ0n) is 15.7. The SMILES string of the molecule is COc1ccc(C)cc1NC(=O)CCc1nc(-c2cccc(C(F)(F)F)c2)no1. The number of methoxy groups -OCH3 is 1. The van der Waals surface area contributed by atoms with Crippen molar-refractivity contribution in [3.8, 4) is 17.1 Å². The van der Waals surface area contributed by atoms with Crippen molar-refractivity contribution >= 4 is 11.6 Å². The Kier molecular flexibility index (Phi) is 5.86. The molecule has 0 bridgehead atoms. The van der Waals surface area contributed by atoms with Crippen LogP contribution in [0.1, 0.15) is 23.4 Å². The molecule has 3 aromatic rings. The molecule has 1 aromatic heterocycles. The van der Waals surface area contributed by atoms with Crippen LogP contribution < -0.4 is 10.1 Å². The maximum Gasteiger partial charge on any atom is 0.416 e. The van der Waals surface area contributed by atoms with E-state index in [-0.39, 0.29) is 36.0 Å². The van der Waals surface area contributed by atoms with Crippen LogP contribution in [0.25, 0.3) is 11.4 Å². The molecule has 0 unspecified atom stereocenters. The third-order valence-corrected chi connectivity index (χ3v) is 4.11. The summed E-state index contributed by atoms with van der Waals surface area (Å²) >= 11 is 0. The number of halogens is 3. The highest BCUT2D eigenvalue weighted by Gasteiger charge is 2.30. The number of aryl methyl sites for hydroxylation is 2. The van der Waals surface area contributed by atoms with Crippen molar-refractivity contribution in [1.29, 1.82) is 0 Å². The van der Waals surface area contributed by atoms with Gasteiger partial charge < -0.3 is 14.6 Å². The topological polar surface area (TPSA) is 77.2 Å². The number of benzene rings is 2. The molecular formula is C20H18F3N3O3. The highest BCUT2D eigenvalue weighted by molar-refractivity contribution is 5.92. The number of hydrogen-bond donors (Lipinski definition) is 1. The van der Waals surface area contributed by atoms with Gasteiger partial charge in [-0.2, -0.15) is 18.2 Å². The number of ether oxygens (including phenoxy) is 1. The Morgan fingerprint density at radius 1 is 1.21 bits per heavy atom. The fraction of sp³-hybridized carbons (Fsp3) is 0.250. The summed E-state index contributed by atoms with van der Waals surface area (Å²) in [5.74, 6) is 0.442. The first-order valence-electron chi connectivity index (χ1n) is 8.71. The molecule has 3 rings (SSSR count). The Hall–Kier alpha value is -3.36. The summed E-state index contributed by atoms with van der Waals surface area (Å²) < 4.78 is 48.8. The van der Waals surface area contributed by atoms with Gasteiger partial charge in [0, 0.05) is 18.4 Å². The summed E-state index contributed by atoms with van der Waals surface area (Å²) in [7, 11) is 1.51. The van der Waals surface area contributed by atoms with E-state index in [0.717, 1.165) is 17.7 Å². The van der Waals surface area contributed by atoms with Crippen LogP contribution in [0.5, 0.6) is 5.75 Å². The molecule has 0 aliphatic carbocycles. The first-order valence-corrected chi connectivity index (χ1v) is 8.71. The monoisotopic (exact) mass is 405 g/mol. The molecule has 0 radical (unpaired) electrons. The molecule has 0 aliphatic heterocycles. The lowest BCUT2D eigenvalue weighted by atomic mass is 10.1. The molecule has 9 heteroatoms. The van der Waals surface area contributed by atoms with E-state index in [0.29, 0.717) is 11.4 Å². The Balaban J connectivity index is 1.64. The molecule has 29 heavy (non-hydrogen) atoms. The van der Waals surface area contributed by atoms with E-state index in [9.17, 15) is 18.0 Å². The molecule has 1 amide bonds. The summed E-state index contributed by atoms with van der Waals surface area (Å²) in [6, 6.07) is 10.1. The molecule has 0 saturated carbocycles. The second-order valence-corrected chi connectivity index (χ2v) is 6.34. The lowest BCUT2D eigenvalue weighted by Crippen LogP contribution is -2.13. The van der Waals surface area contributed by atoms with Crippen LogP contribution in [0, 0.1) is 6.92 Å². The number of rotatable bonds is 6. The summed E-state index contributed by atoms with van der Waals surface area (Å²) in [5, 5.41) is 6.46. The van der Waals surface area contributed by atoms with Gasteiger partial charge in [0.25, 0.3) is 0 Å². The average molecular weight is 405 g/mol. The fourth-order valence-electron chi connectivity index (χ4n) is 2.66. The first-order chi connectivity index (χ1) is 13.8. The predicted octanol–water partition coefficient (Wildman–Crippen LogP) is 4.64. The summed E-state index contributed by atoms with van der Waals surface area (Å²) in [6.07, 6.45) is -4.26. The van der Waals surface area contributed by atoms with Gasteiger partial charge in [0.05, 0.1) is 18.4 Å². The van der Waals surface area contributed by atoms with Gasteiger partial charge in [0.1, 0.15) is 5.75 Å².